The zero-order valence-electron chi connectivity index (χ0n) is 15.4. The number of amides is 1. The molecule has 134 valence electrons. The highest BCUT2D eigenvalue weighted by molar-refractivity contribution is 6.07. The summed E-state index contributed by atoms with van der Waals surface area (Å²) in [5.41, 5.74) is 5.48. The van der Waals surface area contributed by atoms with Crippen molar-refractivity contribution in [2.24, 2.45) is 0 Å². The number of aromatic nitrogens is 1. The minimum Gasteiger partial charge on any atom is -0.394 e. The van der Waals surface area contributed by atoms with E-state index in [1.165, 1.54) is 5.56 Å². The van der Waals surface area contributed by atoms with Gasteiger partial charge in [-0.3, -0.25) is 4.79 Å². The molecule has 1 amide bonds. The lowest BCUT2D eigenvalue weighted by Crippen LogP contribution is -2.37. The Labute approximate surface area is 153 Å². The molecule has 1 heterocycles. The molecular formula is C22H24N2O2. The second-order valence-electron chi connectivity index (χ2n) is 6.65. The van der Waals surface area contributed by atoms with Gasteiger partial charge in [-0.15, -0.1) is 0 Å². The Morgan fingerprint density at radius 1 is 1.15 bits per heavy atom. The molecule has 4 heteroatoms. The molecule has 0 fully saturated rings. The molecule has 0 saturated heterocycles. The highest BCUT2D eigenvalue weighted by Crippen LogP contribution is 2.27. The Balaban J connectivity index is 2.14. The molecule has 26 heavy (non-hydrogen) atoms. The van der Waals surface area contributed by atoms with Crippen LogP contribution in [0.15, 0.2) is 48.5 Å². The third-order valence-electron chi connectivity index (χ3n) is 4.67. The number of nitrogens with one attached hydrogen (secondary N) is 1. The molecule has 4 nitrogen and oxygen atoms in total. The van der Waals surface area contributed by atoms with E-state index in [9.17, 15) is 9.90 Å². The lowest BCUT2D eigenvalue weighted by Gasteiger charge is -2.16. The van der Waals surface area contributed by atoms with E-state index < -0.39 is 0 Å². The lowest BCUT2D eigenvalue weighted by atomic mass is 9.99. The molecule has 3 aromatic rings. The van der Waals surface area contributed by atoms with Gasteiger partial charge in [0, 0.05) is 10.9 Å². The lowest BCUT2D eigenvalue weighted by molar-refractivity contribution is 0.0916. The molecule has 3 rings (SSSR count). The third-order valence-corrected chi connectivity index (χ3v) is 4.67. The van der Waals surface area contributed by atoms with E-state index in [1.807, 2.05) is 43.3 Å². The maximum Gasteiger partial charge on any atom is 0.252 e. The van der Waals surface area contributed by atoms with E-state index in [0.717, 1.165) is 27.7 Å². The van der Waals surface area contributed by atoms with Gasteiger partial charge in [0.05, 0.1) is 29.4 Å². The van der Waals surface area contributed by atoms with Gasteiger partial charge in [-0.25, -0.2) is 4.98 Å². The van der Waals surface area contributed by atoms with Crippen molar-refractivity contribution < 1.29 is 9.90 Å². The fraction of sp³-hybridized carbons (Fsp3) is 0.273. The summed E-state index contributed by atoms with van der Waals surface area (Å²) in [6.45, 7) is 5.98. The van der Waals surface area contributed by atoms with Gasteiger partial charge in [0.15, 0.2) is 0 Å². The van der Waals surface area contributed by atoms with E-state index >= 15 is 0 Å². The van der Waals surface area contributed by atoms with Crippen LogP contribution in [0.25, 0.3) is 22.2 Å². The zero-order chi connectivity index (χ0) is 18.7. The first-order chi connectivity index (χ1) is 12.5. The summed E-state index contributed by atoms with van der Waals surface area (Å²) in [4.78, 5) is 17.6. The number of rotatable bonds is 5. The van der Waals surface area contributed by atoms with Gasteiger partial charge in [-0.1, -0.05) is 48.9 Å². The van der Waals surface area contributed by atoms with Gasteiger partial charge in [0.25, 0.3) is 5.91 Å². The van der Waals surface area contributed by atoms with Crippen molar-refractivity contribution in [2.75, 3.05) is 6.61 Å². The number of carbonyl (C=O) groups excluding carboxylic acids is 1. The average Bonchev–Trinajstić information content (AvgIpc) is 2.65. The molecule has 0 bridgehead atoms. The first-order valence-electron chi connectivity index (χ1n) is 8.92. The van der Waals surface area contributed by atoms with E-state index in [2.05, 4.69) is 31.3 Å². The molecule has 0 aliphatic heterocycles. The predicted molar refractivity (Wildman–Crippen MR) is 105 cm³/mol. The summed E-state index contributed by atoms with van der Waals surface area (Å²) >= 11 is 0. The number of aryl methyl sites for hydroxylation is 2. The van der Waals surface area contributed by atoms with E-state index in [4.69, 9.17) is 4.98 Å². The Kier molecular flexibility index (Phi) is 5.33. The van der Waals surface area contributed by atoms with Crippen molar-refractivity contribution in [2.45, 2.75) is 33.2 Å². The van der Waals surface area contributed by atoms with Crippen LogP contribution in [0.3, 0.4) is 0 Å². The normalized spacial score (nSPS) is 12.2. The fourth-order valence-corrected chi connectivity index (χ4v) is 3.14. The van der Waals surface area contributed by atoms with Crippen LogP contribution in [-0.2, 0) is 0 Å². The van der Waals surface area contributed by atoms with Crippen molar-refractivity contribution in [3.05, 3.63) is 65.2 Å². The van der Waals surface area contributed by atoms with Crippen molar-refractivity contribution >= 4 is 16.8 Å². The average molecular weight is 348 g/mol. The van der Waals surface area contributed by atoms with Gasteiger partial charge in [-0.2, -0.15) is 0 Å². The third kappa shape index (κ3) is 3.60. The fourth-order valence-electron chi connectivity index (χ4n) is 3.14. The smallest absolute Gasteiger partial charge is 0.252 e. The van der Waals surface area contributed by atoms with Crippen molar-refractivity contribution in [3.8, 4) is 11.3 Å². The highest BCUT2D eigenvalue weighted by Gasteiger charge is 2.17. The van der Waals surface area contributed by atoms with Crippen molar-refractivity contribution in [1.82, 2.24) is 10.3 Å². The van der Waals surface area contributed by atoms with Gasteiger partial charge in [0.2, 0.25) is 0 Å². The molecule has 1 aromatic heterocycles. The Hall–Kier alpha value is -2.72. The minimum atomic E-state index is -0.251. The second-order valence-corrected chi connectivity index (χ2v) is 6.65. The SMILES string of the molecule is CCC(CO)NC(=O)c1cc(-c2ccc(C)cc2C)nc2ccccc12. The van der Waals surface area contributed by atoms with Crippen LogP contribution < -0.4 is 5.32 Å². The molecule has 1 unspecified atom stereocenters. The van der Waals surface area contributed by atoms with Crippen LogP contribution in [0.5, 0.6) is 0 Å². The number of fused-ring (bicyclic) bond motifs is 1. The molecule has 0 aliphatic carbocycles. The molecule has 2 aromatic carbocycles. The summed E-state index contributed by atoms with van der Waals surface area (Å²) in [5.74, 6) is -0.185. The van der Waals surface area contributed by atoms with Crippen LogP contribution in [0, 0.1) is 13.8 Å². The molecule has 0 spiro atoms. The molecule has 1 atom stereocenters. The van der Waals surface area contributed by atoms with Crippen LogP contribution in [0.2, 0.25) is 0 Å². The topological polar surface area (TPSA) is 62.2 Å². The zero-order valence-corrected chi connectivity index (χ0v) is 15.4. The maximum absolute atomic E-state index is 12.9. The van der Waals surface area contributed by atoms with Gasteiger partial charge in [0.1, 0.15) is 0 Å². The largest absolute Gasteiger partial charge is 0.394 e. The van der Waals surface area contributed by atoms with Gasteiger partial charge < -0.3 is 10.4 Å². The molecule has 0 aliphatic rings. The number of benzene rings is 2. The number of para-hydroxylation sites is 1. The molecular weight excluding hydrogens is 324 g/mol. The second kappa shape index (κ2) is 7.67. The van der Waals surface area contributed by atoms with E-state index in [0.29, 0.717) is 12.0 Å². The number of hydrogen-bond acceptors (Lipinski definition) is 3. The van der Waals surface area contributed by atoms with Crippen molar-refractivity contribution in [1.29, 1.82) is 0 Å². The number of pyridine rings is 1. The molecule has 0 radical (unpaired) electrons. The van der Waals surface area contributed by atoms with Crippen LogP contribution in [0.1, 0.15) is 34.8 Å². The Bertz CT molecular complexity index is 946. The van der Waals surface area contributed by atoms with Crippen LogP contribution in [0.4, 0.5) is 0 Å². The summed E-state index contributed by atoms with van der Waals surface area (Å²) in [7, 11) is 0. The summed E-state index contributed by atoms with van der Waals surface area (Å²) in [6.07, 6.45) is 0.676. The Morgan fingerprint density at radius 3 is 2.62 bits per heavy atom. The highest BCUT2D eigenvalue weighted by atomic mass is 16.3. The quantitative estimate of drug-likeness (QED) is 0.732. The van der Waals surface area contributed by atoms with E-state index in [1.54, 1.807) is 0 Å². The minimum absolute atomic E-state index is 0.0742. The summed E-state index contributed by atoms with van der Waals surface area (Å²) in [6, 6.07) is 15.5. The summed E-state index contributed by atoms with van der Waals surface area (Å²) < 4.78 is 0. The van der Waals surface area contributed by atoms with Gasteiger partial charge in [-0.05, 0) is 38.0 Å². The number of nitrogens with zero attached hydrogens (tertiary/aromatic N) is 1. The first kappa shape index (κ1) is 18.1. The predicted octanol–water partition coefficient (Wildman–Crippen LogP) is 4.02. The number of carbonyl (C=O) groups is 1. The van der Waals surface area contributed by atoms with Crippen LogP contribution in [-0.4, -0.2) is 28.6 Å². The summed E-state index contributed by atoms with van der Waals surface area (Å²) in [5, 5.41) is 13.1. The standard InChI is InChI=1S/C22H24N2O2/c1-4-16(13-25)23-22(26)19-12-21(17-10-9-14(2)11-15(17)3)24-20-8-6-5-7-18(19)20/h5-12,16,25H,4,13H2,1-3H3,(H,23,26). The Morgan fingerprint density at radius 2 is 1.92 bits per heavy atom. The molecule has 0 saturated carbocycles. The van der Waals surface area contributed by atoms with Crippen molar-refractivity contribution in [3.63, 3.8) is 0 Å². The van der Waals surface area contributed by atoms with Gasteiger partial charge >= 0.3 is 0 Å². The van der Waals surface area contributed by atoms with E-state index in [-0.39, 0.29) is 18.6 Å². The monoisotopic (exact) mass is 348 g/mol. The number of aliphatic hydroxyl groups excluding tert-OH is 1. The maximum atomic E-state index is 12.9. The first-order valence-corrected chi connectivity index (χ1v) is 8.92. The number of hydrogen-bond donors (Lipinski definition) is 2. The van der Waals surface area contributed by atoms with Crippen LogP contribution >= 0.6 is 0 Å². The number of aliphatic hydroxyl groups is 1. The molecule has 2 N–H and O–H groups in total.